The molecule has 0 saturated heterocycles. The molecule has 0 atom stereocenters. The molecule has 2 aromatic rings. The minimum absolute atomic E-state index is 0.250. The Balaban J connectivity index is 1.88. The molecule has 0 aliphatic rings. The fourth-order valence-electron chi connectivity index (χ4n) is 2.74. The summed E-state index contributed by atoms with van der Waals surface area (Å²) < 4.78 is 17.0. The van der Waals surface area contributed by atoms with E-state index in [0.29, 0.717) is 54.4 Å². The second-order valence-corrected chi connectivity index (χ2v) is 8.79. The largest absolute Gasteiger partial charge is 0.493 e. The highest BCUT2D eigenvalue weighted by atomic mass is 32.1. The van der Waals surface area contributed by atoms with Crippen molar-refractivity contribution in [2.24, 2.45) is 11.8 Å². The number of carbonyl (C=O) groups excluding carboxylic acids is 1. The standard InChI is InChI=1S/C25H34N2O4S/c1-17(2)11-12-30-22-10-9-19(13-23(22)29-5)15-26-25(32)27-24(28)20-7-6-8-21(14-20)31-16-18(3)4/h6-10,13-14,17-18H,11-12,15-16H2,1-5H3,(H2,26,27,28,32). The molecule has 2 rings (SSSR count). The number of amides is 1. The predicted molar refractivity (Wildman–Crippen MR) is 132 cm³/mol. The van der Waals surface area contributed by atoms with Crippen LogP contribution in [0.3, 0.4) is 0 Å². The first-order valence-corrected chi connectivity index (χ1v) is 11.3. The molecule has 174 valence electrons. The molecule has 0 aliphatic carbocycles. The molecule has 2 aromatic carbocycles. The van der Waals surface area contributed by atoms with Crippen LogP contribution >= 0.6 is 12.2 Å². The third kappa shape index (κ3) is 8.75. The maximum atomic E-state index is 12.5. The zero-order chi connectivity index (χ0) is 23.5. The fourth-order valence-corrected chi connectivity index (χ4v) is 2.90. The van der Waals surface area contributed by atoms with E-state index in [1.165, 1.54) is 0 Å². The van der Waals surface area contributed by atoms with Crippen molar-refractivity contribution in [3.8, 4) is 17.2 Å². The number of hydrogen-bond donors (Lipinski definition) is 2. The molecular formula is C25H34N2O4S. The van der Waals surface area contributed by atoms with Crippen molar-refractivity contribution in [2.75, 3.05) is 20.3 Å². The molecule has 0 bridgehead atoms. The molecule has 0 radical (unpaired) electrons. The minimum atomic E-state index is -0.288. The highest BCUT2D eigenvalue weighted by Gasteiger charge is 2.11. The monoisotopic (exact) mass is 458 g/mol. The molecule has 1 amide bonds. The summed E-state index contributed by atoms with van der Waals surface area (Å²) in [5.74, 6) is 2.74. The first kappa shape index (κ1) is 25.5. The van der Waals surface area contributed by atoms with Gasteiger partial charge in [-0.2, -0.15) is 0 Å². The van der Waals surface area contributed by atoms with Crippen molar-refractivity contribution in [2.45, 2.75) is 40.7 Å². The number of thiocarbonyl (C=S) groups is 1. The first-order chi connectivity index (χ1) is 15.3. The van der Waals surface area contributed by atoms with Crippen LogP contribution in [0.25, 0.3) is 0 Å². The van der Waals surface area contributed by atoms with E-state index in [1.54, 1.807) is 25.3 Å². The summed E-state index contributed by atoms with van der Waals surface area (Å²) in [6.45, 7) is 10.1. The first-order valence-electron chi connectivity index (χ1n) is 10.9. The number of ether oxygens (including phenoxy) is 3. The second kappa shape index (κ2) is 12.9. The summed E-state index contributed by atoms with van der Waals surface area (Å²) in [6, 6.07) is 12.8. The third-order valence-electron chi connectivity index (χ3n) is 4.54. The maximum absolute atomic E-state index is 12.5. The quantitative estimate of drug-likeness (QED) is 0.464. The molecule has 0 saturated carbocycles. The van der Waals surface area contributed by atoms with Gasteiger partial charge >= 0.3 is 0 Å². The van der Waals surface area contributed by atoms with E-state index in [1.807, 2.05) is 24.3 Å². The second-order valence-electron chi connectivity index (χ2n) is 8.39. The summed E-state index contributed by atoms with van der Waals surface area (Å²) in [5.41, 5.74) is 1.44. The van der Waals surface area contributed by atoms with Crippen LogP contribution in [0.4, 0.5) is 0 Å². The van der Waals surface area contributed by atoms with Gasteiger partial charge in [-0.3, -0.25) is 10.1 Å². The molecule has 0 aromatic heterocycles. The smallest absolute Gasteiger partial charge is 0.257 e. The van der Waals surface area contributed by atoms with Gasteiger partial charge in [-0.1, -0.05) is 39.8 Å². The number of carbonyl (C=O) groups is 1. The molecule has 0 heterocycles. The van der Waals surface area contributed by atoms with Gasteiger partial charge in [0.05, 0.1) is 20.3 Å². The normalized spacial score (nSPS) is 10.7. The highest BCUT2D eigenvalue weighted by molar-refractivity contribution is 7.80. The van der Waals surface area contributed by atoms with Gasteiger partial charge in [0.1, 0.15) is 5.75 Å². The number of nitrogens with one attached hydrogen (secondary N) is 2. The number of methoxy groups -OCH3 is 1. The van der Waals surface area contributed by atoms with E-state index < -0.39 is 0 Å². The zero-order valence-corrected chi connectivity index (χ0v) is 20.4. The van der Waals surface area contributed by atoms with Crippen LogP contribution < -0.4 is 24.8 Å². The SMILES string of the molecule is COc1cc(CNC(=S)NC(=O)c2cccc(OCC(C)C)c2)ccc1OCCC(C)C. The highest BCUT2D eigenvalue weighted by Crippen LogP contribution is 2.28. The van der Waals surface area contributed by atoms with E-state index in [0.717, 1.165) is 12.0 Å². The average Bonchev–Trinajstić information content (AvgIpc) is 2.76. The fraction of sp³-hybridized carbons (Fsp3) is 0.440. The zero-order valence-electron chi connectivity index (χ0n) is 19.6. The van der Waals surface area contributed by atoms with Gasteiger partial charge in [0.25, 0.3) is 5.91 Å². The molecule has 7 heteroatoms. The van der Waals surface area contributed by atoms with Crippen molar-refractivity contribution in [3.63, 3.8) is 0 Å². The lowest BCUT2D eigenvalue weighted by atomic mass is 10.1. The van der Waals surface area contributed by atoms with Crippen LogP contribution in [0.1, 0.15) is 50.0 Å². The molecule has 6 nitrogen and oxygen atoms in total. The van der Waals surface area contributed by atoms with E-state index in [-0.39, 0.29) is 11.0 Å². The summed E-state index contributed by atoms with van der Waals surface area (Å²) in [7, 11) is 1.62. The molecule has 0 spiro atoms. The van der Waals surface area contributed by atoms with Gasteiger partial charge in [0, 0.05) is 12.1 Å². The molecule has 0 aliphatic heterocycles. The lowest BCUT2D eigenvalue weighted by Gasteiger charge is -2.14. The van der Waals surface area contributed by atoms with Crippen molar-refractivity contribution in [1.82, 2.24) is 10.6 Å². The lowest BCUT2D eigenvalue weighted by molar-refractivity contribution is 0.0976. The van der Waals surface area contributed by atoms with Crippen LogP contribution in [-0.4, -0.2) is 31.3 Å². The average molecular weight is 459 g/mol. The summed E-state index contributed by atoms with van der Waals surface area (Å²) in [5, 5.41) is 6.01. The van der Waals surface area contributed by atoms with Crippen molar-refractivity contribution in [3.05, 3.63) is 53.6 Å². The van der Waals surface area contributed by atoms with E-state index in [4.69, 9.17) is 26.4 Å². The van der Waals surface area contributed by atoms with Crippen LogP contribution in [-0.2, 0) is 6.54 Å². The Morgan fingerprint density at radius 3 is 2.47 bits per heavy atom. The van der Waals surface area contributed by atoms with Crippen molar-refractivity contribution >= 4 is 23.2 Å². The van der Waals surface area contributed by atoms with Crippen LogP contribution in [0.2, 0.25) is 0 Å². The third-order valence-corrected chi connectivity index (χ3v) is 4.79. The van der Waals surface area contributed by atoms with Gasteiger partial charge < -0.3 is 19.5 Å². The Morgan fingerprint density at radius 1 is 1.00 bits per heavy atom. The number of benzene rings is 2. The molecule has 0 fully saturated rings. The Kier molecular flexibility index (Phi) is 10.3. The minimum Gasteiger partial charge on any atom is -0.493 e. The maximum Gasteiger partial charge on any atom is 0.257 e. The predicted octanol–water partition coefficient (Wildman–Crippen LogP) is 4.96. The molecule has 2 N–H and O–H groups in total. The van der Waals surface area contributed by atoms with Gasteiger partial charge in [-0.15, -0.1) is 0 Å². The van der Waals surface area contributed by atoms with Crippen LogP contribution in [0.5, 0.6) is 17.2 Å². The summed E-state index contributed by atoms with van der Waals surface area (Å²) in [6.07, 6.45) is 0.979. The Bertz CT molecular complexity index is 899. The molecule has 32 heavy (non-hydrogen) atoms. The van der Waals surface area contributed by atoms with Gasteiger partial charge in [-0.25, -0.2) is 0 Å². The number of rotatable bonds is 11. The van der Waals surface area contributed by atoms with Gasteiger partial charge in [-0.05, 0) is 66.4 Å². The molecular weight excluding hydrogens is 424 g/mol. The number of hydrogen-bond acceptors (Lipinski definition) is 5. The summed E-state index contributed by atoms with van der Waals surface area (Å²) >= 11 is 5.29. The Labute approximate surface area is 196 Å². The van der Waals surface area contributed by atoms with Gasteiger partial charge in [0.2, 0.25) is 0 Å². The van der Waals surface area contributed by atoms with Crippen LogP contribution in [0.15, 0.2) is 42.5 Å². The van der Waals surface area contributed by atoms with Crippen LogP contribution in [0, 0.1) is 11.8 Å². The Hall–Kier alpha value is -2.80. The Morgan fingerprint density at radius 2 is 1.78 bits per heavy atom. The van der Waals surface area contributed by atoms with Gasteiger partial charge in [0.15, 0.2) is 16.6 Å². The molecule has 0 unspecified atom stereocenters. The summed E-state index contributed by atoms with van der Waals surface area (Å²) in [4.78, 5) is 12.5. The lowest BCUT2D eigenvalue weighted by Crippen LogP contribution is -2.38. The van der Waals surface area contributed by atoms with Crippen molar-refractivity contribution in [1.29, 1.82) is 0 Å². The van der Waals surface area contributed by atoms with E-state index in [2.05, 4.69) is 38.3 Å². The van der Waals surface area contributed by atoms with E-state index >= 15 is 0 Å². The van der Waals surface area contributed by atoms with Crippen molar-refractivity contribution < 1.29 is 19.0 Å². The van der Waals surface area contributed by atoms with E-state index in [9.17, 15) is 4.79 Å². The topological polar surface area (TPSA) is 68.8 Å².